The first-order valence-corrected chi connectivity index (χ1v) is 8.90. The predicted octanol–water partition coefficient (Wildman–Crippen LogP) is 3.26. The SMILES string of the molecule is O=C(CSc1nnc(Cc2ccccc2)o1)Nc1nnc(C(F)(F)F)s1. The van der Waals surface area contributed by atoms with Gasteiger partial charge in [-0.05, 0) is 5.56 Å². The molecule has 26 heavy (non-hydrogen) atoms. The molecule has 0 aliphatic rings. The molecular weight excluding hydrogens is 391 g/mol. The Labute approximate surface area is 153 Å². The summed E-state index contributed by atoms with van der Waals surface area (Å²) in [5.74, 6) is -0.269. The summed E-state index contributed by atoms with van der Waals surface area (Å²) in [5, 5.41) is 15.1. The van der Waals surface area contributed by atoms with Gasteiger partial charge in [0.2, 0.25) is 21.9 Å². The van der Waals surface area contributed by atoms with Crippen molar-refractivity contribution in [2.24, 2.45) is 0 Å². The Hall–Kier alpha value is -2.47. The molecule has 0 saturated heterocycles. The molecule has 1 amide bonds. The van der Waals surface area contributed by atoms with E-state index in [1.807, 2.05) is 30.3 Å². The zero-order valence-corrected chi connectivity index (χ0v) is 14.5. The van der Waals surface area contributed by atoms with E-state index in [9.17, 15) is 18.0 Å². The summed E-state index contributed by atoms with van der Waals surface area (Å²) in [6.45, 7) is 0. The molecule has 0 radical (unpaired) electrons. The van der Waals surface area contributed by atoms with E-state index in [4.69, 9.17) is 4.42 Å². The lowest BCUT2D eigenvalue weighted by atomic mass is 10.2. The van der Waals surface area contributed by atoms with Gasteiger partial charge in [0.05, 0.1) is 12.2 Å². The van der Waals surface area contributed by atoms with Crippen molar-refractivity contribution in [3.8, 4) is 0 Å². The monoisotopic (exact) mass is 401 g/mol. The normalized spacial score (nSPS) is 11.5. The Morgan fingerprint density at radius 1 is 1.15 bits per heavy atom. The highest BCUT2D eigenvalue weighted by Gasteiger charge is 2.35. The zero-order chi connectivity index (χ0) is 18.6. The average molecular weight is 401 g/mol. The van der Waals surface area contributed by atoms with Crippen LogP contribution in [0.4, 0.5) is 18.3 Å². The molecule has 12 heteroatoms. The van der Waals surface area contributed by atoms with Crippen LogP contribution in [0, 0.1) is 0 Å². The maximum Gasteiger partial charge on any atom is 0.445 e. The summed E-state index contributed by atoms with van der Waals surface area (Å²) in [6, 6.07) is 9.52. The molecule has 136 valence electrons. The molecule has 0 unspecified atom stereocenters. The number of alkyl halides is 3. The second-order valence-corrected chi connectivity index (χ2v) is 6.78. The van der Waals surface area contributed by atoms with Gasteiger partial charge in [-0.25, -0.2) is 0 Å². The number of nitrogens with one attached hydrogen (secondary N) is 1. The fourth-order valence-electron chi connectivity index (χ4n) is 1.81. The number of rotatable bonds is 6. The van der Waals surface area contributed by atoms with Crippen molar-refractivity contribution in [3.05, 3.63) is 46.8 Å². The summed E-state index contributed by atoms with van der Waals surface area (Å²) >= 11 is 1.23. The minimum atomic E-state index is -4.59. The fraction of sp³-hybridized carbons (Fsp3) is 0.214. The molecule has 7 nitrogen and oxygen atoms in total. The predicted molar refractivity (Wildman–Crippen MR) is 87.8 cm³/mol. The molecule has 2 heterocycles. The molecule has 1 N–H and O–H groups in total. The summed E-state index contributed by atoms with van der Waals surface area (Å²) < 4.78 is 42.7. The summed E-state index contributed by atoms with van der Waals surface area (Å²) in [7, 11) is 0. The fourth-order valence-corrected chi connectivity index (χ4v) is 3.02. The van der Waals surface area contributed by atoms with Gasteiger partial charge in [0.15, 0.2) is 0 Å². The van der Waals surface area contributed by atoms with Gasteiger partial charge in [0, 0.05) is 0 Å². The number of amides is 1. The molecule has 0 spiro atoms. The van der Waals surface area contributed by atoms with E-state index >= 15 is 0 Å². The highest BCUT2D eigenvalue weighted by atomic mass is 32.2. The van der Waals surface area contributed by atoms with Crippen molar-refractivity contribution in [2.45, 2.75) is 17.8 Å². The van der Waals surface area contributed by atoms with Crippen molar-refractivity contribution in [2.75, 3.05) is 11.1 Å². The highest BCUT2D eigenvalue weighted by Crippen LogP contribution is 2.33. The van der Waals surface area contributed by atoms with Crippen molar-refractivity contribution in [1.29, 1.82) is 0 Å². The molecule has 0 saturated carbocycles. The van der Waals surface area contributed by atoms with E-state index in [1.54, 1.807) is 0 Å². The van der Waals surface area contributed by atoms with Gasteiger partial charge < -0.3 is 4.42 Å². The van der Waals surface area contributed by atoms with Crippen LogP contribution in [0.1, 0.15) is 16.5 Å². The maximum absolute atomic E-state index is 12.4. The summed E-state index contributed by atoms with van der Waals surface area (Å²) in [4.78, 5) is 11.8. The van der Waals surface area contributed by atoms with Crippen LogP contribution in [0.3, 0.4) is 0 Å². The van der Waals surface area contributed by atoms with Crippen LogP contribution in [0.25, 0.3) is 0 Å². The smallest absolute Gasteiger partial charge is 0.416 e. The van der Waals surface area contributed by atoms with Crippen LogP contribution in [0.5, 0.6) is 0 Å². The topological polar surface area (TPSA) is 93.8 Å². The minimum Gasteiger partial charge on any atom is -0.416 e. The summed E-state index contributed by atoms with van der Waals surface area (Å²) in [6.07, 6.45) is -4.13. The largest absolute Gasteiger partial charge is 0.445 e. The van der Waals surface area contributed by atoms with E-state index in [1.165, 1.54) is 0 Å². The Morgan fingerprint density at radius 2 is 1.92 bits per heavy atom. The van der Waals surface area contributed by atoms with Crippen LogP contribution >= 0.6 is 23.1 Å². The molecule has 0 aliphatic heterocycles. The van der Waals surface area contributed by atoms with Crippen LogP contribution in [-0.4, -0.2) is 32.1 Å². The lowest BCUT2D eigenvalue weighted by Crippen LogP contribution is -2.13. The zero-order valence-electron chi connectivity index (χ0n) is 12.9. The number of carbonyl (C=O) groups is 1. The van der Waals surface area contributed by atoms with Crippen molar-refractivity contribution in [3.63, 3.8) is 0 Å². The first-order valence-electron chi connectivity index (χ1n) is 7.10. The van der Waals surface area contributed by atoms with Gasteiger partial charge >= 0.3 is 6.18 Å². The van der Waals surface area contributed by atoms with Crippen LogP contribution < -0.4 is 5.32 Å². The van der Waals surface area contributed by atoms with Gasteiger partial charge in [0.1, 0.15) is 0 Å². The van der Waals surface area contributed by atoms with Gasteiger partial charge in [0.25, 0.3) is 5.22 Å². The molecule has 2 aromatic heterocycles. The standard InChI is InChI=1S/C14H10F3N5O2S2/c15-14(16,17)11-20-21-12(26-11)18-9(23)7-25-13-22-19-10(24-13)6-8-4-2-1-3-5-8/h1-5H,6-7H2,(H,18,21,23). The third-order valence-corrected chi connectivity index (χ3v) is 4.59. The van der Waals surface area contributed by atoms with Gasteiger partial charge in [-0.1, -0.05) is 53.4 Å². The van der Waals surface area contributed by atoms with Crippen LogP contribution in [0.2, 0.25) is 0 Å². The molecule has 1 aromatic carbocycles. The van der Waals surface area contributed by atoms with E-state index in [0.29, 0.717) is 12.3 Å². The van der Waals surface area contributed by atoms with Gasteiger partial charge in [-0.2, -0.15) is 13.2 Å². The lowest BCUT2D eigenvalue weighted by molar-refractivity contribution is -0.138. The maximum atomic E-state index is 12.4. The molecule has 0 fully saturated rings. The van der Waals surface area contributed by atoms with Crippen molar-refractivity contribution >= 4 is 34.1 Å². The Bertz CT molecular complexity index is 882. The number of thioether (sulfide) groups is 1. The molecule has 0 aliphatic carbocycles. The van der Waals surface area contributed by atoms with Crippen LogP contribution in [0.15, 0.2) is 40.0 Å². The lowest BCUT2D eigenvalue weighted by Gasteiger charge is -1.99. The summed E-state index contributed by atoms with van der Waals surface area (Å²) in [5.41, 5.74) is 1.00. The number of carbonyl (C=O) groups excluding carboxylic acids is 1. The molecule has 3 rings (SSSR count). The van der Waals surface area contributed by atoms with E-state index in [-0.39, 0.29) is 27.4 Å². The first-order chi connectivity index (χ1) is 12.4. The third-order valence-electron chi connectivity index (χ3n) is 2.89. The van der Waals surface area contributed by atoms with E-state index < -0.39 is 17.1 Å². The molecule has 3 aromatic rings. The highest BCUT2D eigenvalue weighted by molar-refractivity contribution is 7.99. The second kappa shape index (κ2) is 7.83. The van der Waals surface area contributed by atoms with E-state index in [0.717, 1.165) is 17.3 Å². The number of anilines is 1. The molecular formula is C14H10F3N5O2S2. The van der Waals surface area contributed by atoms with E-state index in [2.05, 4.69) is 25.7 Å². The number of benzene rings is 1. The van der Waals surface area contributed by atoms with Crippen molar-refractivity contribution in [1.82, 2.24) is 20.4 Å². The Balaban J connectivity index is 1.50. The molecule has 0 bridgehead atoms. The van der Waals surface area contributed by atoms with Gasteiger partial charge in [-0.3, -0.25) is 10.1 Å². The second-order valence-electron chi connectivity index (χ2n) is 4.87. The quantitative estimate of drug-likeness (QED) is 0.634. The van der Waals surface area contributed by atoms with Gasteiger partial charge in [-0.15, -0.1) is 20.4 Å². The number of halogens is 3. The first kappa shape index (κ1) is 18.3. The third kappa shape index (κ3) is 5.02. The Kier molecular flexibility index (Phi) is 5.52. The number of hydrogen-bond acceptors (Lipinski definition) is 8. The number of aromatic nitrogens is 4. The number of nitrogens with zero attached hydrogens (tertiary/aromatic N) is 4. The minimum absolute atomic E-state index is 0.117. The number of hydrogen-bond donors (Lipinski definition) is 1. The van der Waals surface area contributed by atoms with Crippen LogP contribution in [-0.2, 0) is 17.4 Å². The average Bonchev–Trinajstić information content (AvgIpc) is 3.23. The van der Waals surface area contributed by atoms with Crippen molar-refractivity contribution < 1.29 is 22.4 Å². The Morgan fingerprint density at radius 3 is 2.62 bits per heavy atom. The molecule has 0 atom stereocenters.